The molecule has 174 valence electrons. The van der Waals surface area contributed by atoms with Crippen LogP contribution in [0.4, 0.5) is 10.5 Å². The molecule has 0 bridgehead atoms. The van der Waals surface area contributed by atoms with Gasteiger partial charge in [0.25, 0.3) is 11.1 Å². The Morgan fingerprint density at radius 1 is 1.00 bits per heavy atom. The molecule has 34 heavy (non-hydrogen) atoms. The van der Waals surface area contributed by atoms with E-state index in [-0.39, 0.29) is 10.6 Å². The number of aryl methyl sites for hydroxylation is 2. The molecular formula is C23H20N4O6S. The Kier molecular flexibility index (Phi) is 5.40. The number of hydrogen-bond donors (Lipinski definition) is 1. The van der Waals surface area contributed by atoms with Gasteiger partial charge in [0.1, 0.15) is 19.8 Å². The van der Waals surface area contributed by atoms with Crippen molar-refractivity contribution in [2.75, 3.05) is 25.1 Å². The lowest BCUT2D eigenvalue weighted by Gasteiger charge is -2.19. The number of aromatic nitrogens is 2. The Balaban J connectivity index is 1.31. The molecule has 1 N–H and O–H groups in total. The summed E-state index contributed by atoms with van der Waals surface area (Å²) >= 11 is 0.770. The van der Waals surface area contributed by atoms with Crippen LogP contribution in [0.1, 0.15) is 5.56 Å². The van der Waals surface area contributed by atoms with Gasteiger partial charge in [-0.2, -0.15) is 0 Å². The first kappa shape index (κ1) is 21.8. The number of imidazole rings is 1. The zero-order chi connectivity index (χ0) is 24.0. The summed E-state index contributed by atoms with van der Waals surface area (Å²) in [5, 5.41) is 2.15. The lowest BCUT2D eigenvalue weighted by molar-refractivity contribution is -0.127. The van der Waals surface area contributed by atoms with Crippen LogP contribution in [0.5, 0.6) is 11.5 Å². The van der Waals surface area contributed by atoms with Crippen LogP contribution < -0.4 is 20.5 Å². The Morgan fingerprint density at radius 2 is 1.74 bits per heavy atom. The van der Waals surface area contributed by atoms with E-state index in [0.717, 1.165) is 22.2 Å². The predicted octanol–water partition coefficient (Wildman–Crippen LogP) is 2.32. The molecule has 0 atom stereocenters. The number of nitrogens with one attached hydrogen (secondary N) is 1. The van der Waals surface area contributed by atoms with Gasteiger partial charge in [0.15, 0.2) is 11.5 Å². The fourth-order valence-corrected chi connectivity index (χ4v) is 4.70. The highest BCUT2D eigenvalue weighted by molar-refractivity contribution is 8.18. The van der Waals surface area contributed by atoms with Gasteiger partial charge in [0.2, 0.25) is 5.91 Å². The van der Waals surface area contributed by atoms with Crippen LogP contribution in [0.15, 0.2) is 46.1 Å². The molecule has 3 aromatic rings. The third-order valence-corrected chi connectivity index (χ3v) is 6.50. The molecule has 0 saturated carbocycles. The normalized spacial score (nSPS) is 16.5. The minimum Gasteiger partial charge on any atom is -0.486 e. The van der Waals surface area contributed by atoms with Gasteiger partial charge in [-0.3, -0.25) is 28.4 Å². The summed E-state index contributed by atoms with van der Waals surface area (Å²) < 4.78 is 14.0. The molecule has 2 aliphatic heterocycles. The third-order valence-electron chi connectivity index (χ3n) is 5.60. The Hall–Kier alpha value is -3.99. The highest BCUT2D eigenvalue weighted by atomic mass is 32.2. The van der Waals surface area contributed by atoms with Gasteiger partial charge in [-0.25, -0.2) is 4.79 Å². The molecule has 1 aromatic heterocycles. The van der Waals surface area contributed by atoms with E-state index in [0.29, 0.717) is 41.5 Å². The van der Waals surface area contributed by atoms with Gasteiger partial charge in [-0.05, 0) is 47.7 Å². The van der Waals surface area contributed by atoms with E-state index in [4.69, 9.17) is 9.47 Å². The van der Waals surface area contributed by atoms with Gasteiger partial charge in [-0.15, -0.1) is 0 Å². The maximum absolute atomic E-state index is 12.8. The zero-order valence-electron chi connectivity index (χ0n) is 18.4. The molecule has 2 aliphatic rings. The summed E-state index contributed by atoms with van der Waals surface area (Å²) in [6, 6.07) is 10.3. The van der Waals surface area contributed by atoms with Gasteiger partial charge >= 0.3 is 5.69 Å². The maximum atomic E-state index is 12.8. The van der Waals surface area contributed by atoms with Crippen molar-refractivity contribution in [3.63, 3.8) is 0 Å². The first-order valence-electron chi connectivity index (χ1n) is 10.4. The van der Waals surface area contributed by atoms with Crippen molar-refractivity contribution < 1.29 is 23.9 Å². The number of carbonyl (C=O) groups is 3. The van der Waals surface area contributed by atoms with E-state index < -0.39 is 23.6 Å². The van der Waals surface area contributed by atoms with E-state index in [2.05, 4.69) is 5.32 Å². The van der Waals surface area contributed by atoms with Gasteiger partial charge in [-0.1, -0.05) is 6.07 Å². The monoisotopic (exact) mass is 480 g/mol. The smallest absolute Gasteiger partial charge is 0.328 e. The first-order chi connectivity index (χ1) is 16.3. The van der Waals surface area contributed by atoms with E-state index in [9.17, 15) is 19.2 Å². The van der Waals surface area contributed by atoms with Crippen LogP contribution in [-0.2, 0) is 23.7 Å². The summed E-state index contributed by atoms with van der Waals surface area (Å²) in [4.78, 5) is 51.0. The summed E-state index contributed by atoms with van der Waals surface area (Å²) in [6.07, 6.45) is 1.58. The number of benzene rings is 2. The minimum absolute atomic E-state index is 0.156. The number of carbonyl (C=O) groups excluding carboxylic acids is 3. The van der Waals surface area contributed by atoms with Crippen LogP contribution >= 0.6 is 11.8 Å². The van der Waals surface area contributed by atoms with Gasteiger partial charge < -0.3 is 14.8 Å². The molecular weight excluding hydrogens is 460 g/mol. The number of rotatable bonds is 4. The van der Waals surface area contributed by atoms with Crippen molar-refractivity contribution in [2.45, 2.75) is 0 Å². The molecule has 3 heterocycles. The van der Waals surface area contributed by atoms with E-state index >= 15 is 0 Å². The molecule has 2 aromatic carbocycles. The average Bonchev–Trinajstić information content (AvgIpc) is 3.21. The van der Waals surface area contributed by atoms with Crippen molar-refractivity contribution in [3.8, 4) is 11.5 Å². The summed E-state index contributed by atoms with van der Waals surface area (Å²) in [7, 11) is 3.36. The molecule has 11 heteroatoms. The molecule has 0 unspecified atom stereocenters. The van der Waals surface area contributed by atoms with E-state index in [1.807, 2.05) is 0 Å². The molecule has 10 nitrogen and oxygen atoms in total. The average molecular weight is 481 g/mol. The largest absolute Gasteiger partial charge is 0.486 e. The molecule has 0 spiro atoms. The maximum Gasteiger partial charge on any atom is 0.328 e. The van der Waals surface area contributed by atoms with Gasteiger partial charge in [0, 0.05) is 25.8 Å². The Morgan fingerprint density at radius 3 is 2.53 bits per heavy atom. The van der Waals surface area contributed by atoms with Crippen molar-refractivity contribution in [3.05, 3.63) is 57.4 Å². The number of imide groups is 1. The third kappa shape index (κ3) is 3.83. The summed E-state index contributed by atoms with van der Waals surface area (Å²) in [6.45, 7) is 0.465. The standard InChI is InChI=1S/C23H20N4O6S/c1-25-15-5-3-13(9-16(15)26(2)22(25)30)10-19-21(29)27(23(31)34-19)12-20(28)24-14-4-6-17-18(11-14)33-8-7-32-17/h3-6,9-11H,7-8,12H2,1-2H3,(H,24,28). The Labute approximate surface area is 197 Å². The quantitative estimate of drug-likeness (QED) is 0.571. The second kappa shape index (κ2) is 8.41. The van der Waals surface area contributed by atoms with Crippen LogP contribution in [0.3, 0.4) is 0 Å². The first-order valence-corrected chi connectivity index (χ1v) is 11.2. The summed E-state index contributed by atoms with van der Waals surface area (Å²) in [5.41, 5.74) is 2.45. The van der Waals surface area contributed by atoms with E-state index in [1.54, 1.807) is 56.6 Å². The highest BCUT2D eigenvalue weighted by Crippen LogP contribution is 2.34. The molecule has 3 amide bonds. The number of anilines is 1. The van der Waals surface area contributed by atoms with Crippen molar-refractivity contribution in [2.24, 2.45) is 14.1 Å². The van der Waals surface area contributed by atoms with Crippen LogP contribution in [0, 0.1) is 0 Å². The molecule has 1 fully saturated rings. The highest BCUT2D eigenvalue weighted by Gasteiger charge is 2.36. The topological polar surface area (TPSA) is 112 Å². The summed E-state index contributed by atoms with van der Waals surface area (Å²) in [5.74, 6) is 0.0513. The number of amides is 3. The van der Waals surface area contributed by atoms with Crippen LogP contribution in [0.2, 0.25) is 0 Å². The van der Waals surface area contributed by atoms with Crippen molar-refractivity contribution in [1.82, 2.24) is 14.0 Å². The molecule has 1 saturated heterocycles. The SMILES string of the molecule is Cn1c(=O)n(C)c2cc(C=C3SC(=O)N(CC(=O)Nc4ccc5c(c4)OCCO5)C3=O)ccc21. The zero-order valence-corrected chi connectivity index (χ0v) is 19.2. The number of ether oxygens (including phenoxy) is 2. The second-order valence-corrected chi connectivity index (χ2v) is 8.82. The fraction of sp³-hybridized carbons (Fsp3) is 0.217. The fourth-order valence-electron chi connectivity index (χ4n) is 3.87. The second-order valence-electron chi connectivity index (χ2n) is 7.82. The molecule has 0 aliphatic carbocycles. The lowest BCUT2D eigenvalue weighted by Crippen LogP contribution is -2.36. The Bertz CT molecular complexity index is 1450. The molecule has 0 radical (unpaired) electrons. The van der Waals surface area contributed by atoms with Crippen molar-refractivity contribution in [1.29, 1.82) is 0 Å². The van der Waals surface area contributed by atoms with Gasteiger partial charge in [0.05, 0.1) is 15.9 Å². The van der Waals surface area contributed by atoms with Crippen molar-refractivity contribution >= 4 is 51.6 Å². The minimum atomic E-state index is -0.547. The number of fused-ring (bicyclic) bond motifs is 2. The number of hydrogen-bond acceptors (Lipinski definition) is 7. The lowest BCUT2D eigenvalue weighted by atomic mass is 10.2. The van der Waals surface area contributed by atoms with Crippen LogP contribution in [-0.4, -0.2) is 50.8 Å². The number of nitrogens with zero attached hydrogens (tertiary/aromatic N) is 3. The molecule has 5 rings (SSSR count). The van der Waals surface area contributed by atoms with Crippen LogP contribution in [0.25, 0.3) is 17.1 Å². The number of thioether (sulfide) groups is 1. The van der Waals surface area contributed by atoms with E-state index in [1.165, 1.54) is 9.13 Å². The predicted molar refractivity (Wildman–Crippen MR) is 127 cm³/mol.